The first-order valence-corrected chi connectivity index (χ1v) is 9.29. The van der Waals surface area contributed by atoms with Gasteiger partial charge in [-0.3, -0.25) is 0 Å². The molecular formula is C22H24O7. The molecule has 7 heteroatoms. The number of hydrogen-bond donors (Lipinski definition) is 0. The SMILES string of the molecule is COC[C@@H]1O[C@H](COC(=O)c2ccccc2)[C@@H](OC(=O)c2ccccc2)[C@@H]1OC. The molecule has 1 fully saturated rings. The van der Waals surface area contributed by atoms with Crippen LogP contribution in [-0.4, -0.2) is 63.8 Å². The van der Waals surface area contributed by atoms with Crippen molar-refractivity contribution < 1.29 is 33.3 Å². The molecule has 0 bridgehead atoms. The van der Waals surface area contributed by atoms with Crippen molar-refractivity contribution in [2.75, 3.05) is 27.4 Å². The van der Waals surface area contributed by atoms with Crippen LogP contribution in [0.1, 0.15) is 20.7 Å². The van der Waals surface area contributed by atoms with Crippen LogP contribution in [0, 0.1) is 0 Å². The molecule has 0 radical (unpaired) electrons. The molecule has 0 amide bonds. The molecule has 0 unspecified atom stereocenters. The van der Waals surface area contributed by atoms with E-state index in [0.717, 1.165) is 0 Å². The second kappa shape index (κ2) is 10.2. The van der Waals surface area contributed by atoms with E-state index in [1.165, 1.54) is 7.11 Å². The Balaban J connectivity index is 1.71. The first-order valence-electron chi connectivity index (χ1n) is 9.29. The van der Waals surface area contributed by atoms with Crippen LogP contribution in [-0.2, 0) is 23.7 Å². The zero-order valence-corrected chi connectivity index (χ0v) is 16.4. The molecular weight excluding hydrogens is 376 g/mol. The van der Waals surface area contributed by atoms with E-state index in [1.807, 2.05) is 12.1 Å². The number of carbonyl (C=O) groups excluding carboxylic acids is 2. The van der Waals surface area contributed by atoms with E-state index < -0.39 is 36.4 Å². The number of rotatable bonds is 8. The Morgan fingerprint density at radius 3 is 1.90 bits per heavy atom. The van der Waals surface area contributed by atoms with Gasteiger partial charge in [0.1, 0.15) is 24.9 Å². The van der Waals surface area contributed by atoms with Gasteiger partial charge in [-0.1, -0.05) is 36.4 Å². The summed E-state index contributed by atoms with van der Waals surface area (Å²) in [6.07, 6.45) is -2.45. The molecule has 0 spiro atoms. The number of benzene rings is 2. The predicted octanol–water partition coefficient (Wildman–Crippen LogP) is 2.50. The number of carbonyl (C=O) groups is 2. The van der Waals surface area contributed by atoms with Crippen LogP contribution in [0.25, 0.3) is 0 Å². The second-order valence-electron chi connectivity index (χ2n) is 6.57. The highest BCUT2D eigenvalue weighted by atomic mass is 16.6. The Hall–Kier alpha value is -2.74. The van der Waals surface area contributed by atoms with E-state index in [9.17, 15) is 9.59 Å². The Morgan fingerprint density at radius 2 is 1.34 bits per heavy atom. The number of ether oxygens (including phenoxy) is 5. The lowest BCUT2D eigenvalue weighted by Crippen LogP contribution is -2.41. The molecule has 0 N–H and O–H groups in total. The summed E-state index contributed by atoms with van der Waals surface area (Å²) in [6, 6.07) is 17.3. The average Bonchev–Trinajstić information content (AvgIpc) is 3.09. The number of hydrogen-bond acceptors (Lipinski definition) is 7. The Kier molecular flexibility index (Phi) is 7.35. The van der Waals surface area contributed by atoms with Gasteiger partial charge < -0.3 is 23.7 Å². The van der Waals surface area contributed by atoms with Crippen molar-refractivity contribution >= 4 is 11.9 Å². The number of methoxy groups -OCH3 is 2. The minimum Gasteiger partial charge on any atom is -0.459 e. The fourth-order valence-electron chi connectivity index (χ4n) is 3.25. The van der Waals surface area contributed by atoms with E-state index in [1.54, 1.807) is 55.6 Å². The molecule has 3 rings (SSSR count). The largest absolute Gasteiger partial charge is 0.459 e. The van der Waals surface area contributed by atoms with Crippen LogP contribution >= 0.6 is 0 Å². The molecule has 1 aliphatic rings. The topological polar surface area (TPSA) is 80.3 Å². The first kappa shape index (κ1) is 21.0. The van der Waals surface area contributed by atoms with Crippen LogP contribution in [0.15, 0.2) is 60.7 Å². The van der Waals surface area contributed by atoms with Gasteiger partial charge in [-0.2, -0.15) is 0 Å². The van der Waals surface area contributed by atoms with Crippen molar-refractivity contribution in [3.05, 3.63) is 71.8 Å². The van der Waals surface area contributed by atoms with Gasteiger partial charge in [0.25, 0.3) is 0 Å². The maximum absolute atomic E-state index is 12.6. The van der Waals surface area contributed by atoms with Gasteiger partial charge in [-0.15, -0.1) is 0 Å². The summed E-state index contributed by atoms with van der Waals surface area (Å²) in [5, 5.41) is 0. The van der Waals surface area contributed by atoms with Gasteiger partial charge in [-0.05, 0) is 24.3 Å². The van der Waals surface area contributed by atoms with Crippen molar-refractivity contribution in [1.29, 1.82) is 0 Å². The van der Waals surface area contributed by atoms with Crippen molar-refractivity contribution in [1.82, 2.24) is 0 Å². The van der Waals surface area contributed by atoms with Gasteiger partial charge in [0.15, 0.2) is 6.10 Å². The first-order chi connectivity index (χ1) is 14.1. The molecule has 1 heterocycles. The molecule has 1 aliphatic heterocycles. The summed E-state index contributed by atoms with van der Waals surface area (Å²) in [5.41, 5.74) is 0.845. The molecule has 7 nitrogen and oxygen atoms in total. The molecule has 0 aromatic heterocycles. The molecule has 0 saturated carbocycles. The highest BCUT2D eigenvalue weighted by Crippen LogP contribution is 2.28. The normalized spacial score (nSPS) is 23.5. The van der Waals surface area contributed by atoms with Crippen molar-refractivity contribution in [2.24, 2.45) is 0 Å². The van der Waals surface area contributed by atoms with Gasteiger partial charge in [0, 0.05) is 14.2 Å². The molecule has 154 valence electrons. The average molecular weight is 400 g/mol. The van der Waals surface area contributed by atoms with Gasteiger partial charge >= 0.3 is 11.9 Å². The Morgan fingerprint density at radius 1 is 0.793 bits per heavy atom. The quantitative estimate of drug-likeness (QED) is 0.630. The summed E-state index contributed by atoms with van der Waals surface area (Å²) >= 11 is 0. The third-order valence-electron chi connectivity index (χ3n) is 4.65. The van der Waals surface area contributed by atoms with Crippen LogP contribution in [0.2, 0.25) is 0 Å². The second-order valence-corrected chi connectivity index (χ2v) is 6.57. The van der Waals surface area contributed by atoms with Gasteiger partial charge in [-0.25, -0.2) is 9.59 Å². The summed E-state index contributed by atoms with van der Waals surface area (Å²) in [5.74, 6) is -0.981. The summed E-state index contributed by atoms with van der Waals surface area (Å²) in [7, 11) is 3.06. The van der Waals surface area contributed by atoms with Crippen molar-refractivity contribution in [3.63, 3.8) is 0 Å². The van der Waals surface area contributed by atoms with Crippen LogP contribution in [0.3, 0.4) is 0 Å². The van der Waals surface area contributed by atoms with E-state index in [2.05, 4.69) is 0 Å². The number of esters is 2. The highest BCUT2D eigenvalue weighted by molar-refractivity contribution is 5.90. The molecule has 2 aromatic carbocycles. The lowest BCUT2D eigenvalue weighted by Gasteiger charge is -2.23. The minimum atomic E-state index is -0.753. The molecule has 1 saturated heterocycles. The van der Waals surface area contributed by atoms with Gasteiger partial charge in [0.05, 0.1) is 17.7 Å². The smallest absolute Gasteiger partial charge is 0.338 e. The predicted molar refractivity (Wildman–Crippen MR) is 104 cm³/mol. The minimum absolute atomic E-state index is 0.0828. The zero-order valence-electron chi connectivity index (χ0n) is 16.4. The van der Waals surface area contributed by atoms with E-state index in [0.29, 0.717) is 11.1 Å². The lowest BCUT2D eigenvalue weighted by molar-refractivity contribution is -0.0571. The maximum atomic E-state index is 12.6. The van der Waals surface area contributed by atoms with Crippen LogP contribution in [0.5, 0.6) is 0 Å². The van der Waals surface area contributed by atoms with Crippen LogP contribution in [0.4, 0.5) is 0 Å². The molecule has 0 aliphatic carbocycles. The molecule has 29 heavy (non-hydrogen) atoms. The van der Waals surface area contributed by atoms with Crippen LogP contribution < -0.4 is 0 Å². The summed E-state index contributed by atoms with van der Waals surface area (Å²) < 4.78 is 27.7. The molecule has 2 aromatic rings. The van der Waals surface area contributed by atoms with Crippen molar-refractivity contribution in [2.45, 2.75) is 24.4 Å². The summed E-state index contributed by atoms with van der Waals surface area (Å²) in [6.45, 7) is 0.168. The molecule has 4 atom stereocenters. The third-order valence-corrected chi connectivity index (χ3v) is 4.65. The fourth-order valence-corrected chi connectivity index (χ4v) is 3.25. The van der Waals surface area contributed by atoms with E-state index in [-0.39, 0.29) is 13.2 Å². The summed E-state index contributed by atoms with van der Waals surface area (Å²) in [4.78, 5) is 24.8. The third kappa shape index (κ3) is 5.20. The van der Waals surface area contributed by atoms with Crippen molar-refractivity contribution in [3.8, 4) is 0 Å². The standard InChI is InChI=1S/C22H24O7/c1-25-13-17-19(26-2)20(29-22(24)16-11-7-4-8-12-16)18(28-17)14-27-21(23)15-9-5-3-6-10-15/h3-12,17-20H,13-14H2,1-2H3/t17-,18+,19+,20+/m0/s1. The van der Waals surface area contributed by atoms with E-state index in [4.69, 9.17) is 23.7 Å². The Labute approximate surface area is 169 Å². The van der Waals surface area contributed by atoms with Gasteiger partial charge in [0.2, 0.25) is 0 Å². The Bertz CT molecular complexity index is 793. The fraction of sp³-hybridized carbons (Fsp3) is 0.364. The lowest BCUT2D eigenvalue weighted by atomic mass is 10.1. The monoisotopic (exact) mass is 400 g/mol. The highest BCUT2D eigenvalue weighted by Gasteiger charge is 2.48. The maximum Gasteiger partial charge on any atom is 0.338 e. The zero-order chi connectivity index (χ0) is 20.6. The van der Waals surface area contributed by atoms with E-state index >= 15 is 0 Å².